The van der Waals surface area contributed by atoms with E-state index in [0.717, 1.165) is 38.6 Å². The van der Waals surface area contributed by atoms with Gasteiger partial charge < -0.3 is 19.2 Å². The van der Waals surface area contributed by atoms with Crippen molar-refractivity contribution in [3.05, 3.63) is 72.5 Å². The van der Waals surface area contributed by atoms with Crippen LogP contribution >= 0.6 is 0 Å². The number of rotatable bonds is 7. The first kappa shape index (κ1) is 21.7. The highest BCUT2D eigenvalue weighted by Gasteiger charge is 2.16. The van der Waals surface area contributed by atoms with Gasteiger partial charge in [-0.2, -0.15) is 0 Å². The van der Waals surface area contributed by atoms with Crippen LogP contribution in [0.4, 0.5) is 0 Å². The fraction of sp³-hybridized carbons (Fsp3) is 0.222. The van der Waals surface area contributed by atoms with Gasteiger partial charge >= 0.3 is 0 Å². The fourth-order valence-corrected chi connectivity index (χ4v) is 4.05. The lowest BCUT2D eigenvalue weighted by atomic mass is 9.96. The molecule has 0 aliphatic rings. The predicted molar refractivity (Wildman–Crippen MR) is 129 cm³/mol. The molecule has 0 spiro atoms. The minimum absolute atomic E-state index is 0.0761. The largest absolute Gasteiger partial charge is 0.496 e. The Hall–Kier alpha value is -3.57. The summed E-state index contributed by atoms with van der Waals surface area (Å²) in [6.45, 7) is 4.26. The van der Waals surface area contributed by atoms with Gasteiger partial charge in [0.25, 0.3) is 0 Å². The monoisotopic (exact) mass is 429 g/mol. The summed E-state index contributed by atoms with van der Waals surface area (Å²) in [5.41, 5.74) is 4.49. The first-order valence-corrected chi connectivity index (χ1v) is 10.6. The second-order valence-electron chi connectivity index (χ2n) is 7.92. The maximum absolute atomic E-state index is 12.5. The smallest absolute Gasteiger partial charge is 0.244 e. The van der Waals surface area contributed by atoms with Crippen molar-refractivity contribution in [3.63, 3.8) is 0 Å². The molecule has 0 fully saturated rings. The minimum Gasteiger partial charge on any atom is -0.496 e. The van der Waals surface area contributed by atoms with Crippen LogP contribution in [0.2, 0.25) is 0 Å². The molecule has 0 radical (unpaired) electrons. The van der Waals surface area contributed by atoms with Gasteiger partial charge in [-0.3, -0.25) is 4.79 Å². The lowest BCUT2D eigenvalue weighted by Gasteiger charge is -2.13. The molecule has 1 unspecified atom stereocenters. The molecule has 1 amide bonds. The van der Waals surface area contributed by atoms with Crippen molar-refractivity contribution in [3.8, 4) is 16.9 Å². The number of carbonyl (C=O) groups excluding carboxylic acids is 1. The van der Waals surface area contributed by atoms with Gasteiger partial charge in [0.15, 0.2) is 0 Å². The summed E-state index contributed by atoms with van der Waals surface area (Å²) in [7, 11) is 3.23. The predicted octanol–water partition coefficient (Wildman–Crippen LogP) is 5.82. The number of benzene rings is 3. The molecule has 1 N–H and O–H groups in total. The van der Waals surface area contributed by atoms with Gasteiger partial charge in [0.1, 0.15) is 11.3 Å². The standard InChI is InChI=1S/C27H27NO4/c1-17(12-27(29)28-18(2)15-30-3)22-13-23-24(16-32-26(23)14-25(22)31-4)21-11-7-9-19-8-5-6-10-20(19)21/h5-14,16,18H,15H2,1-4H3,(H,28,29)/b17-12+. The highest BCUT2D eigenvalue weighted by molar-refractivity contribution is 6.06. The van der Waals surface area contributed by atoms with Gasteiger partial charge in [-0.15, -0.1) is 0 Å². The van der Waals surface area contributed by atoms with E-state index in [1.807, 2.05) is 38.1 Å². The molecule has 1 atom stereocenters. The zero-order valence-electron chi connectivity index (χ0n) is 18.8. The average Bonchev–Trinajstić information content (AvgIpc) is 3.20. The van der Waals surface area contributed by atoms with Crippen LogP contribution in [0.5, 0.6) is 5.75 Å². The first-order valence-electron chi connectivity index (χ1n) is 10.6. The molecule has 1 aromatic heterocycles. The van der Waals surface area contributed by atoms with Crippen molar-refractivity contribution in [2.75, 3.05) is 20.8 Å². The Morgan fingerprint density at radius 3 is 2.62 bits per heavy atom. The molecular formula is C27H27NO4. The quantitative estimate of drug-likeness (QED) is 0.376. The van der Waals surface area contributed by atoms with Gasteiger partial charge in [0, 0.05) is 41.8 Å². The van der Waals surface area contributed by atoms with Crippen molar-refractivity contribution in [2.45, 2.75) is 19.9 Å². The number of methoxy groups -OCH3 is 2. The van der Waals surface area contributed by atoms with Crippen molar-refractivity contribution in [2.24, 2.45) is 0 Å². The van der Waals surface area contributed by atoms with Gasteiger partial charge in [-0.05, 0) is 41.8 Å². The molecule has 4 aromatic rings. The number of nitrogens with one attached hydrogen (secondary N) is 1. The van der Waals surface area contributed by atoms with E-state index in [2.05, 4.69) is 35.6 Å². The first-order chi connectivity index (χ1) is 15.5. The van der Waals surface area contributed by atoms with E-state index >= 15 is 0 Å². The molecule has 5 nitrogen and oxygen atoms in total. The summed E-state index contributed by atoms with van der Waals surface area (Å²) >= 11 is 0. The molecule has 0 aliphatic heterocycles. The number of ether oxygens (including phenoxy) is 2. The van der Waals surface area contributed by atoms with E-state index in [0.29, 0.717) is 12.4 Å². The average molecular weight is 430 g/mol. The van der Waals surface area contributed by atoms with Crippen molar-refractivity contribution < 1.29 is 18.7 Å². The van der Waals surface area contributed by atoms with E-state index < -0.39 is 0 Å². The maximum Gasteiger partial charge on any atom is 0.244 e. The van der Waals surface area contributed by atoms with Crippen LogP contribution in [0, 0.1) is 0 Å². The summed E-state index contributed by atoms with van der Waals surface area (Å²) in [5.74, 6) is 0.485. The molecule has 0 bridgehead atoms. The molecule has 32 heavy (non-hydrogen) atoms. The SMILES string of the molecule is COCC(C)NC(=O)/C=C(\C)c1cc2c(-c3cccc4ccccc34)coc2cc1OC. The number of hydrogen-bond acceptors (Lipinski definition) is 4. The molecular weight excluding hydrogens is 402 g/mol. The molecule has 4 rings (SSSR count). The summed E-state index contributed by atoms with van der Waals surface area (Å²) in [6, 6.07) is 18.4. The van der Waals surface area contributed by atoms with E-state index in [1.54, 1.807) is 26.6 Å². The number of carbonyl (C=O) groups is 1. The Balaban J connectivity index is 1.79. The normalized spacial score (nSPS) is 12.8. The van der Waals surface area contributed by atoms with Crippen LogP contribution < -0.4 is 10.1 Å². The second-order valence-corrected chi connectivity index (χ2v) is 7.92. The van der Waals surface area contributed by atoms with Crippen LogP contribution in [0.1, 0.15) is 19.4 Å². The van der Waals surface area contributed by atoms with Gasteiger partial charge in [0.2, 0.25) is 5.91 Å². The highest BCUT2D eigenvalue weighted by Crippen LogP contribution is 2.39. The molecule has 3 aromatic carbocycles. The molecule has 0 saturated carbocycles. The Morgan fingerprint density at radius 2 is 1.84 bits per heavy atom. The lowest BCUT2D eigenvalue weighted by molar-refractivity contribution is -0.117. The molecule has 1 heterocycles. The van der Waals surface area contributed by atoms with Gasteiger partial charge in [-0.25, -0.2) is 0 Å². The zero-order valence-corrected chi connectivity index (χ0v) is 18.8. The number of fused-ring (bicyclic) bond motifs is 2. The number of allylic oxidation sites excluding steroid dienone is 1. The lowest BCUT2D eigenvalue weighted by Crippen LogP contribution is -2.34. The van der Waals surface area contributed by atoms with Crippen LogP contribution in [0.15, 0.2) is 71.4 Å². The van der Waals surface area contributed by atoms with Crippen LogP contribution in [-0.2, 0) is 9.53 Å². The molecule has 164 valence electrons. The van der Waals surface area contributed by atoms with Crippen molar-refractivity contribution in [1.29, 1.82) is 0 Å². The number of hydrogen-bond donors (Lipinski definition) is 1. The third kappa shape index (κ3) is 4.25. The van der Waals surface area contributed by atoms with E-state index in [4.69, 9.17) is 13.9 Å². The third-order valence-electron chi connectivity index (χ3n) is 5.55. The topological polar surface area (TPSA) is 60.7 Å². The fourth-order valence-electron chi connectivity index (χ4n) is 4.05. The van der Waals surface area contributed by atoms with Gasteiger partial charge in [-0.1, -0.05) is 42.5 Å². The zero-order chi connectivity index (χ0) is 22.7. The Kier molecular flexibility index (Phi) is 6.28. The molecule has 0 aliphatic carbocycles. The number of furan rings is 1. The van der Waals surface area contributed by atoms with E-state index in [9.17, 15) is 4.79 Å². The Labute approximate surface area is 187 Å². The van der Waals surface area contributed by atoms with Gasteiger partial charge in [0.05, 0.1) is 20.0 Å². The van der Waals surface area contributed by atoms with Crippen LogP contribution in [-0.4, -0.2) is 32.8 Å². The maximum atomic E-state index is 12.5. The highest BCUT2D eigenvalue weighted by atomic mass is 16.5. The third-order valence-corrected chi connectivity index (χ3v) is 5.55. The number of amides is 1. The summed E-state index contributed by atoms with van der Waals surface area (Å²) in [6.07, 6.45) is 3.38. The van der Waals surface area contributed by atoms with Crippen molar-refractivity contribution in [1.82, 2.24) is 5.32 Å². The minimum atomic E-state index is -0.171. The van der Waals surface area contributed by atoms with Crippen LogP contribution in [0.25, 0.3) is 38.4 Å². The van der Waals surface area contributed by atoms with Crippen LogP contribution in [0.3, 0.4) is 0 Å². The molecule has 0 saturated heterocycles. The van der Waals surface area contributed by atoms with E-state index in [-0.39, 0.29) is 11.9 Å². The van der Waals surface area contributed by atoms with E-state index in [1.165, 1.54) is 5.39 Å². The molecule has 5 heteroatoms. The Bertz CT molecular complexity index is 1300. The van der Waals surface area contributed by atoms with Crippen molar-refractivity contribution >= 4 is 33.2 Å². The summed E-state index contributed by atoms with van der Waals surface area (Å²) < 4.78 is 16.6. The summed E-state index contributed by atoms with van der Waals surface area (Å²) in [4.78, 5) is 12.5. The second kappa shape index (κ2) is 9.28. The summed E-state index contributed by atoms with van der Waals surface area (Å²) in [5, 5.41) is 6.21. The Morgan fingerprint density at radius 1 is 1.06 bits per heavy atom.